The zero-order chi connectivity index (χ0) is 17.6. The number of hydrogen-bond donors (Lipinski definition) is 2. The number of ether oxygens (including phenoxy) is 1. The molecule has 1 aromatic carbocycles. The fraction of sp³-hybridized carbons (Fsp3) is 0.444. The summed E-state index contributed by atoms with van der Waals surface area (Å²) in [6.07, 6.45) is 1.77. The predicted molar refractivity (Wildman–Crippen MR) is 98.5 cm³/mol. The number of anilines is 1. The van der Waals surface area contributed by atoms with Crippen molar-refractivity contribution in [3.63, 3.8) is 0 Å². The van der Waals surface area contributed by atoms with Crippen molar-refractivity contribution in [1.29, 1.82) is 0 Å². The van der Waals surface area contributed by atoms with Crippen LogP contribution in [0.3, 0.4) is 0 Å². The zero-order valence-corrected chi connectivity index (χ0v) is 15.4. The van der Waals surface area contributed by atoms with E-state index in [-0.39, 0.29) is 10.7 Å². The maximum atomic E-state index is 5.93. The third-order valence-corrected chi connectivity index (χ3v) is 3.61. The topological polar surface area (TPSA) is 59.1 Å². The van der Waals surface area contributed by atoms with Gasteiger partial charge >= 0.3 is 0 Å². The van der Waals surface area contributed by atoms with E-state index in [1.165, 1.54) is 5.56 Å². The first-order chi connectivity index (χ1) is 11.4. The molecule has 2 aromatic rings. The van der Waals surface area contributed by atoms with Crippen LogP contribution in [0.2, 0.25) is 5.28 Å². The molecular formula is C18H25ClN4O. The summed E-state index contributed by atoms with van der Waals surface area (Å²) in [6, 6.07) is 8.00. The van der Waals surface area contributed by atoms with E-state index >= 15 is 0 Å². The molecule has 0 saturated heterocycles. The summed E-state index contributed by atoms with van der Waals surface area (Å²) in [4.78, 5) is 8.40. The molecule has 1 heterocycles. The molecule has 2 rings (SSSR count). The smallest absolute Gasteiger partial charge is 0.224 e. The molecule has 0 bridgehead atoms. The minimum absolute atomic E-state index is 0.158. The van der Waals surface area contributed by atoms with Gasteiger partial charge in [-0.2, -0.15) is 0 Å². The van der Waals surface area contributed by atoms with E-state index < -0.39 is 0 Å². The summed E-state index contributed by atoms with van der Waals surface area (Å²) in [7, 11) is 1.67. The van der Waals surface area contributed by atoms with Gasteiger partial charge in [0, 0.05) is 31.4 Å². The SMILES string of the molecule is COc1ccc(CNCc2cnc(Cl)nc2NCC(C)(C)C)cc1. The molecule has 6 heteroatoms. The van der Waals surface area contributed by atoms with E-state index in [0.717, 1.165) is 30.2 Å². The summed E-state index contributed by atoms with van der Waals surface area (Å²) in [5, 5.41) is 7.03. The highest BCUT2D eigenvalue weighted by Gasteiger charge is 2.12. The monoisotopic (exact) mass is 348 g/mol. The van der Waals surface area contributed by atoms with Crippen LogP contribution in [0.5, 0.6) is 5.75 Å². The number of rotatable bonds is 7. The van der Waals surface area contributed by atoms with Crippen LogP contribution in [0.25, 0.3) is 0 Å². The Labute approximate surface area is 148 Å². The quantitative estimate of drug-likeness (QED) is 0.743. The summed E-state index contributed by atoms with van der Waals surface area (Å²) in [6.45, 7) is 8.74. The van der Waals surface area contributed by atoms with Gasteiger partial charge in [0.05, 0.1) is 7.11 Å². The molecule has 24 heavy (non-hydrogen) atoms. The Morgan fingerprint density at radius 3 is 2.46 bits per heavy atom. The average Bonchev–Trinajstić information content (AvgIpc) is 2.54. The van der Waals surface area contributed by atoms with Crippen LogP contribution in [-0.2, 0) is 13.1 Å². The van der Waals surface area contributed by atoms with E-state index in [2.05, 4.69) is 41.4 Å². The molecule has 0 aliphatic heterocycles. The normalized spacial score (nSPS) is 11.4. The molecule has 2 N–H and O–H groups in total. The predicted octanol–water partition coefficient (Wildman–Crippen LogP) is 3.89. The van der Waals surface area contributed by atoms with Gasteiger partial charge in [0.25, 0.3) is 0 Å². The highest BCUT2D eigenvalue weighted by atomic mass is 35.5. The fourth-order valence-corrected chi connectivity index (χ4v) is 2.23. The Balaban J connectivity index is 1.95. The molecule has 0 atom stereocenters. The number of methoxy groups -OCH3 is 1. The zero-order valence-electron chi connectivity index (χ0n) is 14.7. The Bertz CT molecular complexity index is 653. The third kappa shape index (κ3) is 5.98. The van der Waals surface area contributed by atoms with Crippen LogP contribution >= 0.6 is 11.6 Å². The molecule has 5 nitrogen and oxygen atoms in total. The molecule has 0 saturated carbocycles. The van der Waals surface area contributed by atoms with Gasteiger partial charge in [0.2, 0.25) is 5.28 Å². The van der Waals surface area contributed by atoms with Gasteiger partial charge in [-0.1, -0.05) is 32.9 Å². The number of halogens is 1. The number of hydrogen-bond acceptors (Lipinski definition) is 5. The molecule has 1 aromatic heterocycles. The number of aromatic nitrogens is 2. The maximum absolute atomic E-state index is 5.93. The average molecular weight is 349 g/mol. The first-order valence-corrected chi connectivity index (χ1v) is 8.34. The van der Waals surface area contributed by atoms with Crippen molar-refractivity contribution < 1.29 is 4.74 Å². The second-order valence-corrected chi connectivity index (χ2v) is 7.22. The molecule has 0 radical (unpaired) electrons. The van der Waals surface area contributed by atoms with Gasteiger partial charge in [-0.3, -0.25) is 0 Å². The molecule has 0 aliphatic carbocycles. The van der Waals surface area contributed by atoms with Crippen molar-refractivity contribution in [2.24, 2.45) is 5.41 Å². The van der Waals surface area contributed by atoms with Crippen LogP contribution in [-0.4, -0.2) is 23.6 Å². The molecule has 0 aliphatic rings. The van der Waals surface area contributed by atoms with E-state index in [4.69, 9.17) is 16.3 Å². The standard InChI is InChI=1S/C18H25ClN4O/c1-18(2,3)12-22-16-14(11-21-17(19)23-16)10-20-9-13-5-7-15(24-4)8-6-13/h5-8,11,20H,9-10,12H2,1-4H3,(H,21,22,23). The minimum atomic E-state index is 0.158. The van der Waals surface area contributed by atoms with Crippen LogP contribution in [0.1, 0.15) is 31.9 Å². The highest BCUT2D eigenvalue weighted by Crippen LogP contribution is 2.18. The molecule has 0 unspecified atom stereocenters. The molecule has 0 fully saturated rings. The van der Waals surface area contributed by atoms with Gasteiger partial charge < -0.3 is 15.4 Å². The third-order valence-electron chi connectivity index (χ3n) is 3.42. The van der Waals surface area contributed by atoms with Crippen molar-refractivity contribution in [3.05, 3.63) is 46.9 Å². The summed E-state index contributed by atoms with van der Waals surface area (Å²) in [5.74, 6) is 1.64. The van der Waals surface area contributed by atoms with E-state index in [0.29, 0.717) is 6.54 Å². The van der Waals surface area contributed by atoms with Crippen LogP contribution < -0.4 is 15.4 Å². The number of nitrogens with zero attached hydrogens (tertiary/aromatic N) is 2. The first kappa shape index (κ1) is 18.5. The Kier molecular flexibility index (Phi) is 6.40. The van der Waals surface area contributed by atoms with Gasteiger partial charge in [0.1, 0.15) is 11.6 Å². The lowest BCUT2D eigenvalue weighted by atomic mass is 9.97. The van der Waals surface area contributed by atoms with Gasteiger partial charge in [-0.05, 0) is 34.7 Å². The van der Waals surface area contributed by atoms with Crippen molar-refractivity contribution in [1.82, 2.24) is 15.3 Å². The van der Waals surface area contributed by atoms with Crippen molar-refractivity contribution >= 4 is 17.4 Å². The number of benzene rings is 1. The van der Waals surface area contributed by atoms with Gasteiger partial charge in [-0.15, -0.1) is 0 Å². The van der Waals surface area contributed by atoms with Crippen molar-refractivity contribution in [2.75, 3.05) is 19.0 Å². The van der Waals surface area contributed by atoms with E-state index in [1.807, 2.05) is 24.3 Å². The van der Waals surface area contributed by atoms with Gasteiger partial charge in [-0.25, -0.2) is 9.97 Å². The number of nitrogens with one attached hydrogen (secondary N) is 2. The summed E-state index contributed by atoms with van der Waals surface area (Å²) < 4.78 is 5.17. The van der Waals surface area contributed by atoms with Crippen LogP contribution in [0.4, 0.5) is 5.82 Å². The Hall–Kier alpha value is -1.85. The highest BCUT2D eigenvalue weighted by molar-refractivity contribution is 6.28. The fourth-order valence-electron chi connectivity index (χ4n) is 2.10. The largest absolute Gasteiger partial charge is 0.497 e. The second-order valence-electron chi connectivity index (χ2n) is 6.88. The second kappa shape index (κ2) is 8.31. The van der Waals surface area contributed by atoms with Crippen LogP contribution in [0, 0.1) is 5.41 Å². The molecular weight excluding hydrogens is 324 g/mol. The van der Waals surface area contributed by atoms with Crippen LogP contribution in [0.15, 0.2) is 30.5 Å². The minimum Gasteiger partial charge on any atom is -0.497 e. The first-order valence-electron chi connectivity index (χ1n) is 7.96. The maximum Gasteiger partial charge on any atom is 0.224 e. The summed E-state index contributed by atoms with van der Waals surface area (Å²) >= 11 is 5.93. The van der Waals surface area contributed by atoms with Crippen molar-refractivity contribution in [3.8, 4) is 5.75 Å². The molecule has 0 amide bonds. The Morgan fingerprint density at radius 1 is 1.12 bits per heavy atom. The lowest BCUT2D eigenvalue weighted by Gasteiger charge is -2.20. The summed E-state index contributed by atoms with van der Waals surface area (Å²) in [5.41, 5.74) is 2.35. The molecule has 0 spiro atoms. The lowest BCUT2D eigenvalue weighted by molar-refractivity contribution is 0.414. The van der Waals surface area contributed by atoms with Crippen molar-refractivity contribution in [2.45, 2.75) is 33.9 Å². The van der Waals surface area contributed by atoms with Gasteiger partial charge in [0.15, 0.2) is 0 Å². The Morgan fingerprint density at radius 2 is 1.83 bits per heavy atom. The van der Waals surface area contributed by atoms with E-state index in [9.17, 15) is 0 Å². The molecule has 130 valence electrons. The lowest BCUT2D eigenvalue weighted by Crippen LogP contribution is -2.22. The van der Waals surface area contributed by atoms with E-state index in [1.54, 1.807) is 13.3 Å².